The van der Waals surface area contributed by atoms with Crippen LogP contribution in [0.3, 0.4) is 0 Å². The summed E-state index contributed by atoms with van der Waals surface area (Å²) in [5.74, 6) is 1.47. The van der Waals surface area contributed by atoms with Gasteiger partial charge in [0.1, 0.15) is 0 Å². The van der Waals surface area contributed by atoms with E-state index < -0.39 is 0 Å². The quantitative estimate of drug-likeness (QED) is 0.700. The fourth-order valence-corrected chi connectivity index (χ4v) is 3.12. The van der Waals surface area contributed by atoms with Crippen molar-refractivity contribution in [3.8, 4) is 0 Å². The summed E-state index contributed by atoms with van der Waals surface area (Å²) < 4.78 is 6.05. The Balaban J connectivity index is 1.93. The molecule has 0 amide bonds. The van der Waals surface area contributed by atoms with Gasteiger partial charge in [0, 0.05) is 6.04 Å². The van der Waals surface area contributed by atoms with E-state index in [1.165, 1.54) is 25.7 Å². The Morgan fingerprint density at radius 3 is 2.00 bits per heavy atom. The molecule has 0 spiro atoms. The molecule has 0 saturated heterocycles. The van der Waals surface area contributed by atoms with Gasteiger partial charge >= 0.3 is 0 Å². The molecule has 0 aliphatic heterocycles. The summed E-state index contributed by atoms with van der Waals surface area (Å²) in [4.78, 5) is 0. The van der Waals surface area contributed by atoms with Crippen LogP contribution in [-0.4, -0.2) is 17.7 Å². The van der Waals surface area contributed by atoms with E-state index in [4.69, 9.17) is 10.5 Å². The molecule has 2 N–H and O–H groups in total. The summed E-state index contributed by atoms with van der Waals surface area (Å²) in [6.07, 6.45) is 5.50. The van der Waals surface area contributed by atoms with Gasteiger partial charge in [0.15, 0.2) is 0 Å². The molecule has 2 nitrogen and oxygen atoms in total. The molecular weight excluding hydrogens is 174 g/mol. The lowest BCUT2D eigenvalue weighted by Gasteiger charge is -2.36. The molecule has 2 saturated carbocycles. The van der Waals surface area contributed by atoms with E-state index in [1.54, 1.807) is 0 Å². The van der Waals surface area contributed by atoms with E-state index in [0.29, 0.717) is 12.1 Å². The van der Waals surface area contributed by atoms with E-state index in [2.05, 4.69) is 20.8 Å². The Morgan fingerprint density at radius 2 is 1.57 bits per heavy atom. The highest BCUT2D eigenvalue weighted by Crippen LogP contribution is 2.42. The van der Waals surface area contributed by atoms with Gasteiger partial charge in [-0.05, 0) is 58.3 Å². The fraction of sp³-hybridized carbons (Fsp3) is 1.00. The van der Waals surface area contributed by atoms with E-state index in [-0.39, 0.29) is 5.60 Å². The molecule has 0 radical (unpaired) electrons. The first-order chi connectivity index (χ1) is 6.46. The van der Waals surface area contributed by atoms with Crippen molar-refractivity contribution in [3.05, 3.63) is 0 Å². The summed E-state index contributed by atoms with van der Waals surface area (Å²) in [6, 6.07) is 0.467. The number of hydrogen-bond donors (Lipinski definition) is 1. The van der Waals surface area contributed by atoms with Gasteiger partial charge in [0.25, 0.3) is 0 Å². The van der Waals surface area contributed by atoms with Crippen LogP contribution in [0.1, 0.15) is 46.5 Å². The first-order valence-electron chi connectivity index (χ1n) is 5.89. The third kappa shape index (κ3) is 2.12. The maximum Gasteiger partial charge on any atom is 0.0602 e. The largest absolute Gasteiger partial charge is 0.373 e. The molecule has 2 bridgehead atoms. The second-order valence-electron chi connectivity index (χ2n) is 6.00. The lowest BCUT2D eigenvalue weighted by Crippen LogP contribution is -2.42. The molecule has 0 heterocycles. The summed E-state index contributed by atoms with van der Waals surface area (Å²) in [5, 5.41) is 0. The van der Waals surface area contributed by atoms with Gasteiger partial charge in [0.05, 0.1) is 11.7 Å². The molecule has 2 fully saturated rings. The van der Waals surface area contributed by atoms with Crippen LogP contribution in [0.2, 0.25) is 0 Å². The van der Waals surface area contributed by atoms with E-state index in [1.807, 2.05) is 0 Å². The maximum absolute atomic E-state index is 6.15. The molecule has 2 rings (SSSR count). The Labute approximate surface area is 87.2 Å². The average molecular weight is 197 g/mol. The molecule has 0 aromatic heterocycles. The highest BCUT2D eigenvalue weighted by atomic mass is 16.5. The molecule has 2 heteroatoms. The van der Waals surface area contributed by atoms with Crippen LogP contribution in [-0.2, 0) is 4.74 Å². The van der Waals surface area contributed by atoms with Gasteiger partial charge in [-0.2, -0.15) is 0 Å². The Hall–Kier alpha value is -0.0800. The van der Waals surface area contributed by atoms with Gasteiger partial charge < -0.3 is 10.5 Å². The van der Waals surface area contributed by atoms with Crippen LogP contribution in [0.25, 0.3) is 0 Å². The SMILES string of the molecule is CC(C)(C)OC1C[C@H]2CC[C@@H](C1)C2N. The minimum Gasteiger partial charge on any atom is -0.373 e. The summed E-state index contributed by atoms with van der Waals surface area (Å²) in [7, 11) is 0. The van der Waals surface area contributed by atoms with Crippen LogP contribution in [0.15, 0.2) is 0 Å². The van der Waals surface area contributed by atoms with Crippen molar-refractivity contribution in [1.82, 2.24) is 0 Å². The van der Waals surface area contributed by atoms with Gasteiger partial charge in [-0.3, -0.25) is 0 Å². The van der Waals surface area contributed by atoms with Gasteiger partial charge in [-0.1, -0.05) is 0 Å². The standard InChI is InChI=1S/C12H23NO/c1-12(2,3)14-10-6-8-4-5-9(7-10)11(8)13/h8-11H,4-7,13H2,1-3H3/t8-,9+,10?,11?. The topological polar surface area (TPSA) is 35.2 Å². The van der Waals surface area contributed by atoms with Crippen molar-refractivity contribution in [2.24, 2.45) is 17.6 Å². The summed E-state index contributed by atoms with van der Waals surface area (Å²) in [5.41, 5.74) is 6.16. The summed E-state index contributed by atoms with van der Waals surface area (Å²) >= 11 is 0. The van der Waals surface area contributed by atoms with Crippen molar-refractivity contribution in [1.29, 1.82) is 0 Å². The van der Waals surface area contributed by atoms with Crippen molar-refractivity contribution in [3.63, 3.8) is 0 Å². The number of rotatable bonds is 1. The average Bonchev–Trinajstić information content (AvgIpc) is 2.32. The highest BCUT2D eigenvalue weighted by molar-refractivity contribution is 4.95. The molecule has 2 unspecified atom stereocenters. The van der Waals surface area contributed by atoms with Crippen LogP contribution < -0.4 is 5.73 Å². The predicted octanol–water partition coefficient (Wildman–Crippen LogP) is 2.32. The molecule has 2 aliphatic carbocycles. The zero-order valence-electron chi connectivity index (χ0n) is 9.62. The zero-order valence-corrected chi connectivity index (χ0v) is 9.62. The normalized spacial score (nSPS) is 42.9. The van der Waals surface area contributed by atoms with Crippen molar-refractivity contribution >= 4 is 0 Å². The van der Waals surface area contributed by atoms with E-state index >= 15 is 0 Å². The van der Waals surface area contributed by atoms with Gasteiger partial charge in [-0.25, -0.2) is 0 Å². The number of ether oxygens (including phenoxy) is 1. The first-order valence-corrected chi connectivity index (χ1v) is 5.89. The predicted molar refractivity (Wildman–Crippen MR) is 58.0 cm³/mol. The van der Waals surface area contributed by atoms with Crippen molar-refractivity contribution in [2.45, 2.75) is 64.2 Å². The van der Waals surface area contributed by atoms with Crippen LogP contribution in [0.4, 0.5) is 0 Å². The minimum atomic E-state index is 0.00550. The van der Waals surface area contributed by atoms with Gasteiger partial charge in [-0.15, -0.1) is 0 Å². The molecule has 2 aliphatic rings. The minimum absolute atomic E-state index is 0.00550. The molecule has 0 aromatic carbocycles. The van der Waals surface area contributed by atoms with Crippen LogP contribution in [0.5, 0.6) is 0 Å². The maximum atomic E-state index is 6.15. The third-order valence-corrected chi connectivity index (χ3v) is 3.65. The Kier molecular flexibility index (Phi) is 2.61. The third-order valence-electron chi connectivity index (χ3n) is 3.65. The lowest BCUT2D eigenvalue weighted by molar-refractivity contribution is -0.0860. The number of hydrogen-bond acceptors (Lipinski definition) is 2. The monoisotopic (exact) mass is 197 g/mol. The summed E-state index contributed by atoms with van der Waals surface area (Å²) in [6.45, 7) is 6.43. The number of nitrogens with two attached hydrogens (primary N) is 1. The van der Waals surface area contributed by atoms with Gasteiger partial charge in [0.2, 0.25) is 0 Å². The molecule has 14 heavy (non-hydrogen) atoms. The first kappa shape index (κ1) is 10.4. The zero-order chi connectivity index (χ0) is 10.3. The highest BCUT2D eigenvalue weighted by Gasteiger charge is 2.41. The van der Waals surface area contributed by atoms with Crippen LogP contribution in [0, 0.1) is 11.8 Å². The second kappa shape index (κ2) is 3.49. The van der Waals surface area contributed by atoms with Crippen molar-refractivity contribution in [2.75, 3.05) is 0 Å². The smallest absolute Gasteiger partial charge is 0.0602 e. The lowest BCUT2D eigenvalue weighted by atomic mass is 9.82. The fourth-order valence-electron chi connectivity index (χ4n) is 3.12. The molecular formula is C12H23NO. The van der Waals surface area contributed by atoms with E-state index in [0.717, 1.165) is 11.8 Å². The van der Waals surface area contributed by atoms with Crippen molar-refractivity contribution < 1.29 is 4.74 Å². The number of fused-ring (bicyclic) bond motifs is 2. The molecule has 0 aromatic rings. The van der Waals surface area contributed by atoms with Crippen LogP contribution >= 0.6 is 0 Å². The Morgan fingerprint density at radius 1 is 1.07 bits per heavy atom. The molecule has 4 atom stereocenters. The van der Waals surface area contributed by atoms with E-state index in [9.17, 15) is 0 Å². The second-order valence-corrected chi connectivity index (χ2v) is 6.00. The Bertz CT molecular complexity index is 195. The molecule has 82 valence electrons.